The molecular weight excluding hydrogens is 236 g/mol. The molecule has 0 saturated carbocycles. The van der Waals surface area contributed by atoms with Crippen molar-refractivity contribution in [3.05, 3.63) is 33.9 Å². The van der Waals surface area contributed by atoms with Crippen LogP contribution >= 0.6 is 0 Å². The fourth-order valence-corrected chi connectivity index (χ4v) is 2.46. The third-order valence-corrected chi connectivity index (χ3v) is 3.87. The Balaban J connectivity index is 2.56. The highest BCUT2D eigenvalue weighted by atomic mass is 16.2. The number of rotatable bonds is 6. The molecule has 1 amide bonds. The van der Waals surface area contributed by atoms with Gasteiger partial charge in [-0.1, -0.05) is 6.07 Å². The van der Waals surface area contributed by atoms with E-state index in [1.54, 1.807) is 7.05 Å². The van der Waals surface area contributed by atoms with Crippen LogP contribution in [0.4, 0.5) is 0 Å². The molecule has 2 N–H and O–H groups in total. The molecule has 3 heteroatoms. The van der Waals surface area contributed by atoms with Gasteiger partial charge in [-0.3, -0.25) is 10.2 Å². The maximum absolute atomic E-state index is 11.3. The lowest BCUT2D eigenvalue weighted by Gasteiger charge is -2.15. The molecule has 0 radical (unpaired) electrons. The number of carbonyl (C=O) groups excluding carboxylic acids is 1. The summed E-state index contributed by atoms with van der Waals surface area (Å²) in [5, 5.41) is 0. The van der Waals surface area contributed by atoms with Gasteiger partial charge < -0.3 is 0 Å². The molecule has 0 aliphatic carbocycles. The summed E-state index contributed by atoms with van der Waals surface area (Å²) in [6.45, 7) is 8.74. The van der Waals surface area contributed by atoms with E-state index in [4.69, 9.17) is 0 Å². The molecule has 0 aliphatic heterocycles. The van der Waals surface area contributed by atoms with Crippen LogP contribution in [0.5, 0.6) is 0 Å². The lowest BCUT2D eigenvalue weighted by atomic mass is 9.91. The normalized spacial score (nSPS) is 10.6. The minimum absolute atomic E-state index is 0.0661. The van der Waals surface area contributed by atoms with Crippen molar-refractivity contribution in [2.75, 3.05) is 7.05 Å². The molecule has 1 aromatic rings. The van der Waals surface area contributed by atoms with Crippen molar-refractivity contribution in [2.45, 2.75) is 53.4 Å². The number of hydrogen-bond donors (Lipinski definition) is 2. The highest BCUT2D eigenvalue weighted by Crippen LogP contribution is 2.23. The monoisotopic (exact) mass is 262 g/mol. The SMILES string of the molecule is CNNC(=O)CCCCc1c(C)c(C)cc(C)c1C. The Bertz CT molecular complexity index is 426. The van der Waals surface area contributed by atoms with E-state index in [0.717, 1.165) is 19.3 Å². The molecule has 0 unspecified atom stereocenters. The molecule has 0 saturated heterocycles. The van der Waals surface area contributed by atoms with E-state index in [-0.39, 0.29) is 5.91 Å². The van der Waals surface area contributed by atoms with Crippen LogP contribution in [-0.2, 0) is 11.2 Å². The number of amides is 1. The largest absolute Gasteiger partial charge is 0.292 e. The molecule has 0 fully saturated rings. The molecule has 0 aliphatic rings. The Labute approximate surface area is 116 Å². The van der Waals surface area contributed by atoms with Gasteiger partial charge in [-0.2, -0.15) is 0 Å². The van der Waals surface area contributed by atoms with Crippen LogP contribution in [-0.4, -0.2) is 13.0 Å². The van der Waals surface area contributed by atoms with Crippen LogP contribution in [0.25, 0.3) is 0 Å². The number of aryl methyl sites for hydroxylation is 2. The first-order valence-corrected chi connectivity index (χ1v) is 6.99. The van der Waals surface area contributed by atoms with E-state index < -0.39 is 0 Å². The smallest absolute Gasteiger partial charge is 0.234 e. The maximum atomic E-state index is 11.3. The molecule has 0 heterocycles. The second-order valence-corrected chi connectivity index (χ2v) is 5.24. The summed E-state index contributed by atoms with van der Waals surface area (Å²) in [6, 6.07) is 2.26. The first-order valence-electron chi connectivity index (χ1n) is 6.99. The van der Waals surface area contributed by atoms with Crippen molar-refractivity contribution in [1.82, 2.24) is 10.9 Å². The van der Waals surface area contributed by atoms with Gasteiger partial charge in [-0.05, 0) is 74.8 Å². The summed E-state index contributed by atoms with van der Waals surface area (Å²) in [5.41, 5.74) is 12.3. The van der Waals surface area contributed by atoms with Gasteiger partial charge in [0.2, 0.25) is 5.91 Å². The summed E-state index contributed by atoms with van der Waals surface area (Å²) in [7, 11) is 1.71. The van der Waals surface area contributed by atoms with Crippen LogP contribution in [0, 0.1) is 27.7 Å². The first kappa shape index (κ1) is 15.7. The van der Waals surface area contributed by atoms with Gasteiger partial charge in [0.1, 0.15) is 0 Å². The predicted molar refractivity (Wildman–Crippen MR) is 80.1 cm³/mol. The van der Waals surface area contributed by atoms with E-state index in [1.165, 1.54) is 27.8 Å². The Morgan fingerprint density at radius 1 is 1.05 bits per heavy atom. The third kappa shape index (κ3) is 4.35. The molecule has 1 aromatic carbocycles. The summed E-state index contributed by atoms with van der Waals surface area (Å²) >= 11 is 0. The minimum atomic E-state index is 0.0661. The van der Waals surface area contributed by atoms with Crippen molar-refractivity contribution in [3.8, 4) is 0 Å². The van der Waals surface area contributed by atoms with Crippen LogP contribution in [0.3, 0.4) is 0 Å². The number of hydrogen-bond acceptors (Lipinski definition) is 2. The lowest BCUT2D eigenvalue weighted by Crippen LogP contribution is -2.33. The van der Waals surface area contributed by atoms with Crippen molar-refractivity contribution in [1.29, 1.82) is 0 Å². The van der Waals surface area contributed by atoms with Crippen molar-refractivity contribution in [3.63, 3.8) is 0 Å². The van der Waals surface area contributed by atoms with Crippen LogP contribution in [0.2, 0.25) is 0 Å². The standard InChI is InChI=1S/C16H26N2O/c1-11-10-12(2)14(4)15(13(11)3)8-6-7-9-16(19)18-17-5/h10,17H,6-9H2,1-5H3,(H,18,19). The third-order valence-electron chi connectivity index (χ3n) is 3.87. The second kappa shape index (κ2) is 7.29. The van der Waals surface area contributed by atoms with E-state index in [2.05, 4.69) is 44.6 Å². The van der Waals surface area contributed by atoms with Crippen molar-refractivity contribution in [2.24, 2.45) is 0 Å². The fourth-order valence-electron chi connectivity index (χ4n) is 2.46. The van der Waals surface area contributed by atoms with E-state index >= 15 is 0 Å². The second-order valence-electron chi connectivity index (χ2n) is 5.24. The summed E-state index contributed by atoms with van der Waals surface area (Å²) in [4.78, 5) is 11.3. The molecular formula is C16H26N2O. The zero-order chi connectivity index (χ0) is 14.4. The molecule has 19 heavy (non-hydrogen) atoms. The Morgan fingerprint density at radius 3 is 2.16 bits per heavy atom. The van der Waals surface area contributed by atoms with Gasteiger partial charge in [-0.25, -0.2) is 5.43 Å². The summed E-state index contributed by atoms with van der Waals surface area (Å²) in [6.07, 6.45) is 3.64. The lowest BCUT2D eigenvalue weighted by molar-refractivity contribution is -0.122. The van der Waals surface area contributed by atoms with Gasteiger partial charge in [0.15, 0.2) is 0 Å². The van der Waals surface area contributed by atoms with Gasteiger partial charge in [0, 0.05) is 13.5 Å². The number of hydrazine groups is 1. The molecule has 1 rings (SSSR count). The molecule has 0 atom stereocenters. The maximum Gasteiger partial charge on any atom is 0.234 e. The molecule has 0 bridgehead atoms. The minimum Gasteiger partial charge on any atom is -0.292 e. The van der Waals surface area contributed by atoms with Crippen LogP contribution in [0.15, 0.2) is 6.07 Å². The number of benzene rings is 1. The highest BCUT2D eigenvalue weighted by Gasteiger charge is 2.08. The van der Waals surface area contributed by atoms with Crippen molar-refractivity contribution < 1.29 is 4.79 Å². The van der Waals surface area contributed by atoms with Crippen LogP contribution < -0.4 is 10.9 Å². The zero-order valence-corrected chi connectivity index (χ0v) is 12.8. The van der Waals surface area contributed by atoms with E-state index in [9.17, 15) is 4.79 Å². The fraction of sp³-hybridized carbons (Fsp3) is 0.562. The van der Waals surface area contributed by atoms with Gasteiger partial charge in [0.05, 0.1) is 0 Å². The molecule has 0 spiro atoms. The average Bonchev–Trinajstić information content (AvgIpc) is 2.36. The Morgan fingerprint density at radius 2 is 1.63 bits per heavy atom. The summed E-state index contributed by atoms with van der Waals surface area (Å²) in [5.74, 6) is 0.0661. The zero-order valence-electron chi connectivity index (χ0n) is 12.8. The molecule has 106 valence electrons. The molecule has 3 nitrogen and oxygen atoms in total. The van der Waals surface area contributed by atoms with Gasteiger partial charge >= 0.3 is 0 Å². The Kier molecular flexibility index (Phi) is 6.03. The topological polar surface area (TPSA) is 41.1 Å². The quantitative estimate of drug-likeness (QED) is 0.611. The number of unbranched alkanes of at least 4 members (excludes halogenated alkanes) is 1. The van der Waals surface area contributed by atoms with Gasteiger partial charge in [-0.15, -0.1) is 0 Å². The average molecular weight is 262 g/mol. The number of carbonyl (C=O) groups is 1. The van der Waals surface area contributed by atoms with E-state index in [1.807, 2.05) is 0 Å². The van der Waals surface area contributed by atoms with Crippen molar-refractivity contribution >= 4 is 5.91 Å². The summed E-state index contributed by atoms with van der Waals surface area (Å²) < 4.78 is 0. The number of nitrogens with one attached hydrogen (secondary N) is 2. The van der Waals surface area contributed by atoms with E-state index in [0.29, 0.717) is 6.42 Å². The van der Waals surface area contributed by atoms with Gasteiger partial charge in [0.25, 0.3) is 0 Å². The first-order chi connectivity index (χ1) is 8.97. The van der Waals surface area contributed by atoms with Crippen LogP contribution in [0.1, 0.15) is 47.1 Å². The Hall–Kier alpha value is -1.35. The highest BCUT2D eigenvalue weighted by molar-refractivity contribution is 5.75. The molecule has 0 aromatic heterocycles. The predicted octanol–water partition coefficient (Wildman–Crippen LogP) is 2.88.